The first-order valence-electron chi connectivity index (χ1n) is 7.24. The second-order valence-electron chi connectivity index (χ2n) is 5.65. The van der Waals surface area contributed by atoms with Crippen molar-refractivity contribution in [2.75, 3.05) is 7.11 Å². The van der Waals surface area contributed by atoms with Crippen molar-refractivity contribution in [3.8, 4) is 11.5 Å². The van der Waals surface area contributed by atoms with Crippen LogP contribution < -0.4 is 9.47 Å². The molecule has 1 saturated carbocycles. The van der Waals surface area contributed by atoms with Crippen LogP contribution in [0, 0.1) is 0 Å². The third-order valence-electron chi connectivity index (χ3n) is 3.86. The van der Waals surface area contributed by atoms with Gasteiger partial charge in [-0.15, -0.1) is 0 Å². The number of methoxy groups -OCH3 is 1. The van der Waals surface area contributed by atoms with Gasteiger partial charge in [0.2, 0.25) is 0 Å². The van der Waals surface area contributed by atoms with Crippen LogP contribution in [0.2, 0.25) is 0 Å². The van der Waals surface area contributed by atoms with Crippen molar-refractivity contribution in [1.82, 2.24) is 0 Å². The van der Waals surface area contributed by atoms with Gasteiger partial charge in [0.05, 0.1) is 13.2 Å². The molecule has 1 aliphatic rings. The number of ether oxygens (including phenoxy) is 2. The first-order chi connectivity index (χ1) is 10.1. The summed E-state index contributed by atoms with van der Waals surface area (Å²) in [6.45, 7) is 1.79. The van der Waals surface area contributed by atoms with Crippen molar-refractivity contribution < 1.29 is 14.6 Å². The van der Waals surface area contributed by atoms with Crippen LogP contribution in [0.15, 0.2) is 48.5 Å². The fourth-order valence-electron chi connectivity index (χ4n) is 2.34. The average Bonchev–Trinajstić information content (AvgIpc) is 3.31. The molecular formula is C18H20O3. The van der Waals surface area contributed by atoms with Crippen LogP contribution in [0.5, 0.6) is 11.5 Å². The third-order valence-corrected chi connectivity index (χ3v) is 3.86. The molecule has 0 bridgehead atoms. The summed E-state index contributed by atoms with van der Waals surface area (Å²) in [5, 5.41) is 10.9. The van der Waals surface area contributed by atoms with Gasteiger partial charge in [-0.05, 0) is 55.2 Å². The Hall–Kier alpha value is -2.00. The Morgan fingerprint density at radius 2 is 1.57 bits per heavy atom. The topological polar surface area (TPSA) is 38.7 Å². The molecule has 110 valence electrons. The predicted octanol–water partition coefficient (Wildman–Crippen LogP) is 3.49. The fourth-order valence-corrected chi connectivity index (χ4v) is 2.34. The predicted molar refractivity (Wildman–Crippen MR) is 81.8 cm³/mol. The third kappa shape index (κ3) is 3.03. The maximum atomic E-state index is 10.9. The summed E-state index contributed by atoms with van der Waals surface area (Å²) in [6.07, 6.45) is 2.59. The normalized spacial score (nSPS) is 17.1. The number of hydrogen-bond acceptors (Lipinski definition) is 3. The lowest BCUT2D eigenvalue weighted by atomic mass is 9.88. The Morgan fingerprint density at radius 3 is 2.14 bits per heavy atom. The second kappa shape index (κ2) is 5.41. The van der Waals surface area contributed by atoms with Crippen LogP contribution in [0.1, 0.15) is 30.9 Å². The van der Waals surface area contributed by atoms with Gasteiger partial charge in [-0.25, -0.2) is 0 Å². The minimum absolute atomic E-state index is 0.349. The summed E-state index contributed by atoms with van der Waals surface area (Å²) in [6, 6.07) is 15.2. The SMILES string of the molecule is COc1cccc(C(C)(O)c2cccc(OC3CC3)c2)c1. The lowest BCUT2D eigenvalue weighted by molar-refractivity contribution is 0.101. The van der Waals surface area contributed by atoms with Gasteiger partial charge in [0.1, 0.15) is 17.1 Å². The number of rotatable bonds is 5. The van der Waals surface area contributed by atoms with E-state index >= 15 is 0 Å². The zero-order valence-electron chi connectivity index (χ0n) is 12.4. The van der Waals surface area contributed by atoms with E-state index in [0.717, 1.165) is 35.5 Å². The summed E-state index contributed by atoms with van der Waals surface area (Å²) in [7, 11) is 1.62. The van der Waals surface area contributed by atoms with Crippen LogP contribution >= 0.6 is 0 Å². The van der Waals surface area contributed by atoms with Gasteiger partial charge in [0.15, 0.2) is 0 Å². The van der Waals surface area contributed by atoms with E-state index in [1.165, 1.54) is 0 Å². The first kappa shape index (κ1) is 14.0. The Bertz CT molecular complexity index is 630. The van der Waals surface area contributed by atoms with E-state index in [1.807, 2.05) is 48.5 Å². The van der Waals surface area contributed by atoms with E-state index in [9.17, 15) is 5.11 Å². The lowest BCUT2D eigenvalue weighted by Crippen LogP contribution is -2.22. The minimum Gasteiger partial charge on any atom is -0.497 e. The Labute approximate surface area is 125 Å². The van der Waals surface area contributed by atoms with E-state index in [1.54, 1.807) is 14.0 Å². The highest BCUT2D eigenvalue weighted by molar-refractivity contribution is 5.42. The largest absolute Gasteiger partial charge is 0.497 e. The molecule has 1 aliphatic carbocycles. The average molecular weight is 284 g/mol. The molecule has 2 aromatic carbocycles. The molecule has 1 atom stereocenters. The van der Waals surface area contributed by atoms with E-state index in [0.29, 0.717) is 6.10 Å². The van der Waals surface area contributed by atoms with Crippen molar-refractivity contribution in [2.45, 2.75) is 31.5 Å². The first-order valence-corrected chi connectivity index (χ1v) is 7.24. The molecule has 0 aromatic heterocycles. The summed E-state index contributed by atoms with van der Waals surface area (Å²) in [5.74, 6) is 1.55. The molecule has 1 fully saturated rings. The quantitative estimate of drug-likeness (QED) is 0.913. The minimum atomic E-state index is -1.09. The van der Waals surface area contributed by atoms with Crippen LogP contribution in [-0.2, 0) is 5.60 Å². The van der Waals surface area contributed by atoms with Crippen LogP contribution in [-0.4, -0.2) is 18.3 Å². The van der Waals surface area contributed by atoms with Crippen molar-refractivity contribution in [3.63, 3.8) is 0 Å². The molecule has 0 spiro atoms. The fraction of sp³-hybridized carbons (Fsp3) is 0.333. The molecule has 0 saturated heterocycles. The van der Waals surface area contributed by atoms with Gasteiger partial charge in [-0.3, -0.25) is 0 Å². The number of benzene rings is 2. The highest BCUT2D eigenvalue weighted by Gasteiger charge is 2.28. The summed E-state index contributed by atoms with van der Waals surface area (Å²) < 4.78 is 11.0. The van der Waals surface area contributed by atoms with Crippen molar-refractivity contribution in [3.05, 3.63) is 59.7 Å². The van der Waals surface area contributed by atoms with Crippen molar-refractivity contribution in [2.24, 2.45) is 0 Å². The molecule has 3 nitrogen and oxygen atoms in total. The van der Waals surface area contributed by atoms with Crippen molar-refractivity contribution >= 4 is 0 Å². The van der Waals surface area contributed by atoms with Gasteiger partial charge in [0, 0.05) is 0 Å². The molecule has 1 unspecified atom stereocenters. The van der Waals surface area contributed by atoms with Crippen molar-refractivity contribution in [1.29, 1.82) is 0 Å². The zero-order valence-corrected chi connectivity index (χ0v) is 12.4. The highest BCUT2D eigenvalue weighted by Crippen LogP contribution is 2.34. The Balaban J connectivity index is 1.92. The molecule has 1 N–H and O–H groups in total. The van der Waals surface area contributed by atoms with Crippen LogP contribution in [0.3, 0.4) is 0 Å². The second-order valence-corrected chi connectivity index (χ2v) is 5.65. The maximum Gasteiger partial charge on any atom is 0.120 e. The smallest absolute Gasteiger partial charge is 0.120 e. The van der Waals surface area contributed by atoms with E-state index in [4.69, 9.17) is 9.47 Å². The van der Waals surface area contributed by atoms with Crippen LogP contribution in [0.25, 0.3) is 0 Å². The molecule has 0 radical (unpaired) electrons. The molecule has 0 aliphatic heterocycles. The molecule has 0 heterocycles. The van der Waals surface area contributed by atoms with Gasteiger partial charge >= 0.3 is 0 Å². The van der Waals surface area contributed by atoms with Gasteiger partial charge < -0.3 is 14.6 Å². The van der Waals surface area contributed by atoms with E-state index in [2.05, 4.69) is 0 Å². The summed E-state index contributed by atoms with van der Waals surface area (Å²) in [5.41, 5.74) is 0.525. The van der Waals surface area contributed by atoms with Crippen LogP contribution in [0.4, 0.5) is 0 Å². The summed E-state index contributed by atoms with van der Waals surface area (Å²) >= 11 is 0. The zero-order chi connectivity index (χ0) is 14.9. The molecule has 3 rings (SSSR count). The highest BCUT2D eigenvalue weighted by atomic mass is 16.5. The molecule has 3 heteroatoms. The van der Waals surface area contributed by atoms with Gasteiger partial charge in [0.25, 0.3) is 0 Å². The van der Waals surface area contributed by atoms with E-state index in [-0.39, 0.29) is 0 Å². The Morgan fingerprint density at radius 1 is 1.00 bits per heavy atom. The maximum absolute atomic E-state index is 10.9. The molecule has 21 heavy (non-hydrogen) atoms. The number of hydrogen-bond donors (Lipinski definition) is 1. The van der Waals surface area contributed by atoms with Gasteiger partial charge in [-0.2, -0.15) is 0 Å². The molecule has 0 amide bonds. The van der Waals surface area contributed by atoms with Gasteiger partial charge in [-0.1, -0.05) is 24.3 Å². The lowest BCUT2D eigenvalue weighted by Gasteiger charge is -2.25. The number of aliphatic hydroxyl groups is 1. The van der Waals surface area contributed by atoms with E-state index < -0.39 is 5.60 Å². The standard InChI is InChI=1S/C18H20O3/c1-18(19,13-5-3-7-16(11-13)20-2)14-6-4-8-17(12-14)21-15-9-10-15/h3-8,11-12,15,19H,9-10H2,1-2H3. The Kier molecular flexibility index (Phi) is 3.60. The monoisotopic (exact) mass is 284 g/mol. The molecule has 2 aromatic rings. The summed E-state index contributed by atoms with van der Waals surface area (Å²) in [4.78, 5) is 0. The molecular weight excluding hydrogens is 264 g/mol.